The Labute approximate surface area is 157 Å². The molecule has 1 aromatic heterocycles. The molecule has 27 heavy (non-hydrogen) atoms. The lowest BCUT2D eigenvalue weighted by atomic mass is 9.85. The van der Waals surface area contributed by atoms with Gasteiger partial charge in [0.1, 0.15) is 11.6 Å². The van der Waals surface area contributed by atoms with Gasteiger partial charge < -0.3 is 10.1 Å². The molecule has 0 aliphatic heterocycles. The Kier molecular flexibility index (Phi) is 4.75. The molecule has 0 atom stereocenters. The first-order chi connectivity index (χ1) is 13.1. The molecule has 0 radical (unpaired) electrons. The SMILES string of the molecule is CCOc1cc(-c2ccc(F)cc2)nc2ccc(NC(=O)C3CCC3)cc12. The molecule has 1 amide bonds. The highest BCUT2D eigenvalue weighted by Gasteiger charge is 2.25. The molecule has 1 saturated carbocycles. The summed E-state index contributed by atoms with van der Waals surface area (Å²) in [6.45, 7) is 2.44. The average Bonchev–Trinajstić information content (AvgIpc) is 2.61. The maximum atomic E-state index is 13.2. The second kappa shape index (κ2) is 7.35. The van der Waals surface area contributed by atoms with Gasteiger partial charge >= 0.3 is 0 Å². The highest BCUT2D eigenvalue weighted by molar-refractivity contribution is 5.97. The zero-order chi connectivity index (χ0) is 18.8. The van der Waals surface area contributed by atoms with E-state index >= 15 is 0 Å². The summed E-state index contributed by atoms with van der Waals surface area (Å²) in [5, 5.41) is 3.84. The fourth-order valence-electron chi connectivity index (χ4n) is 3.23. The van der Waals surface area contributed by atoms with Gasteiger partial charge in [-0.15, -0.1) is 0 Å². The van der Waals surface area contributed by atoms with E-state index in [0.29, 0.717) is 12.4 Å². The van der Waals surface area contributed by atoms with Gasteiger partial charge in [-0.1, -0.05) is 6.42 Å². The minimum atomic E-state index is -0.281. The quantitative estimate of drug-likeness (QED) is 0.679. The molecule has 138 valence electrons. The minimum Gasteiger partial charge on any atom is -0.493 e. The fraction of sp³-hybridized carbons (Fsp3) is 0.273. The van der Waals surface area contributed by atoms with Gasteiger partial charge in [0, 0.05) is 28.6 Å². The van der Waals surface area contributed by atoms with Crippen LogP contribution in [0.5, 0.6) is 5.75 Å². The van der Waals surface area contributed by atoms with Crippen LogP contribution in [0, 0.1) is 11.7 Å². The second-order valence-electron chi connectivity index (χ2n) is 6.79. The van der Waals surface area contributed by atoms with Crippen LogP contribution in [0.25, 0.3) is 22.2 Å². The first-order valence-electron chi connectivity index (χ1n) is 9.28. The highest BCUT2D eigenvalue weighted by Crippen LogP contribution is 2.33. The third-order valence-corrected chi connectivity index (χ3v) is 4.95. The molecule has 5 heteroatoms. The number of hydrogen-bond donors (Lipinski definition) is 1. The molecule has 2 aromatic carbocycles. The van der Waals surface area contributed by atoms with Crippen molar-refractivity contribution in [2.24, 2.45) is 5.92 Å². The van der Waals surface area contributed by atoms with Gasteiger partial charge in [0.15, 0.2) is 0 Å². The van der Waals surface area contributed by atoms with Crippen molar-refractivity contribution < 1.29 is 13.9 Å². The van der Waals surface area contributed by atoms with Gasteiger partial charge in [-0.2, -0.15) is 0 Å². The number of aromatic nitrogens is 1. The molecule has 1 aliphatic carbocycles. The van der Waals surface area contributed by atoms with Crippen molar-refractivity contribution in [1.82, 2.24) is 4.98 Å². The topological polar surface area (TPSA) is 51.2 Å². The van der Waals surface area contributed by atoms with Gasteiger partial charge in [-0.25, -0.2) is 9.37 Å². The van der Waals surface area contributed by atoms with Gasteiger partial charge in [0.2, 0.25) is 5.91 Å². The molecular formula is C22H21FN2O2. The van der Waals surface area contributed by atoms with Crippen molar-refractivity contribution in [3.63, 3.8) is 0 Å². The number of anilines is 1. The van der Waals surface area contributed by atoms with E-state index in [1.54, 1.807) is 12.1 Å². The van der Waals surface area contributed by atoms with Crippen LogP contribution in [0.2, 0.25) is 0 Å². The van der Waals surface area contributed by atoms with Crippen molar-refractivity contribution in [2.45, 2.75) is 26.2 Å². The lowest BCUT2D eigenvalue weighted by Gasteiger charge is -2.24. The molecule has 0 unspecified atom stereocenters. The Morgan fingerprint density at radius 2 is 1.96 bits per heavy atom. The van der Waals surface area contributed by atoms with E-state index in [2.05, 4.69) is 10.3 Å². The lowest BCUT2D eigenvalue weighted by Crippen LogP contribution is -2.27. The third-order valence-electron chi connectivity index (χ3n) is 4.95. The number of halogens is 1. The van der Waals surface area contributed by atoms with Gasteiger partial charge in [-0.05, 0) is 62.2 Å². The number of amides is 1. The molecule has 3 aromatic rings. The Hall–Kier alpha value is -2.95. The zero-order valence-corrected chi connectivity index (χ0v) is 15.2. The number of ether oxygens (including phenoxy) is 1. The number of fused-ring (bicyclic) bond motifs is 1. The van der Waals surface area contributed by atoms with Crippen molar-refractivity contribution in [1.29, 1.82) is 0 Å². The third kappa shape index (κ3) is 3.63. The molecule has 0 saturated heterocycles. The lowest BCUT2D eigenvalue weighted by molar-refractivity contribution is -0.122. The van der Waals surface area contributed by atoms with Crippen LogP contribution in [0.3, 0.4) is 0 Å². The largest absolute Gasteiger partial charge is 0.493 e. The summed E-state index contributed by atoms with van der Waals surface area (Å²) in [7, 11) is 0. The predicted octanol–water partition coefficient (Wildman–Crippen LogP) is 5.18. The zero-order valence-electron chi connectivity index (χ0n) is 15.2. The number of nitrogens with one attached hydrogen (secondary N) is 1. The standard InChI is InChI=1S/C22H21FN2O2/c1-2-27-21-13-20(14-6-8-16(23)9-7-14)25-19-11-10-17(12-18(19)21)24-22(26)15-4-3-5-15/h6-13,15H,2-5H2,1H3,(H,24,26). The minimum absolute atomic E-state index is 0.0782. The van der Waals surface area contributed by atoms with E-state index in [4.69, 9.17) is 4.74 Å². The normalized spacial score (nSPS) is 14.0. The van der Waals surface area contributed by atoms with Crippen molar-refractivity contribution in [3.8, 4) is 17.0 Å². The fourth-order valence-corrected chi connectivity index (χ4v) is 3.23. The van der Waals surface area contributed by atoms with Crippen molar-refractivity contribution >= 4 is 22.5 Å². The molecule has 1 fully saturated rings. The summed E-state index contributed by atoms with van der Waals surface area (Å²) in [5.41, 5.74) is 3.05. The van der Waals surface area contributed by atoms with E-state index in [9.17, 15) is 9.18 Å². The van der Waals surface area contributed by atoms with E-state index in [0.717, 1.165) is 47.1 Å². The van der Waals surface area contributed by atoms with Crippen LogP contribution in [0.1, 0.15) is 26.2 Å². The first-order valence-corrected chi connectivity index (χ1v) is 9.28. The summed E-state index contributed by atoms with van der Waals surface area (Å²) >= 11 is 0. The number of nitrogens with zero attached hydrogens (tertiary/aromatic N) is 1. The number of benzene rings is 2. The van der Waals surface area contributed by atoms with E-state index < -0.39 is 0 Å². The highest BCUT2D eigenvalue weighted by atomic mass is 19.1. The van der Waals surface area contributed by atoms with Gasteiger partial charge in [-0.3, -0.25) is 4.79 Å². The van der Waals surface area contributed by atoms with Crippen LogP contribution in [-0.2, 0) is 4.79 Å². The van der Waals surface area contributed by atoms with Crippen LogP contribution in [0.15, 0.2) is 48.5 Å². The van der Waals surface area contributed by atoms with Crippen LogP contribution in [0.4, 0.5) is 10.1 Å². The number of carbonyl (C=O) groups is 1. The van der Waals surface area contributed by atoms with E-state index in [-0.39, 0.29) is 17.6 Å². The van der Waals surface area contributed by atoms with E-state index in [1.807, 2.05) is 31.2 Å². The number of rotatable bonds is 5. The molecule has 4 rings (SSSR count). The second-order valence-corrected chi connectivity index (χ2v) is 6.79. The van der Waals surface area contributed by atoms with Gasteiger partial charge in [0.05, 0.1) is 17.8 Å². The van der Waals surface area contributed by atoms with Crippen LogP contribution >= 0.6 is 0 Å². The maximum Gasteiger partial charge on any atom is 0.227 e. The Balaban J connectivity index is 1.71. The van der Waals surface area contributed by atoms with Crippen molar-refractivity contribution in [2.75, 3.05) is 11.9 Å². The summed E-state index contributed by atoms with van der Waals surface area (Å²) in [4.78, 5) is 16.9. The van der Waals surface area contributed by atoms with Crippen molar-refractivity contribution in [3.05, 3.63) is 54.3 Å². The summed E-state index contributed by atoms with van der Waals surface area (Å²) in [6.07, 6.45) is 3.05. The monoisotopic (exact) mass is 364 g/mol. The van der Waals surface area contributed by atoms with Crippen LogP contribution in [-0.4, -0.2) is 17.5 Å². The smallest absolute Gasteiger partial charge is 0.227 e. The summed E-state index contributed by atoms with van der Waals surface area (Å²) in [6, 6.07) is 13.7. The maximum absolute atomic E-state index is 13.2. The Morgan fingerprint density at radius 1 is 1.19 bits per heavy atom. The van der Waals surface area contributed by atoms with E-state index in [1.165, 1.54) is 12.1 Å². The van der Waals surface area contributed by atoms with Gasteiger partial charge in [0.25, 0.3) is 0 Å². The summed E-state index contributed by atoms with van der Waals surface area (Å²) < 4.78 is 19.0. The number of carbonyl (C=O) groups excluding carboxylic acids is 1. The molecule has 1 aliphatic rings. The number of hydrogen-bond acceptors (Lipinski definition) is 3. The Bertz CT molecular complexity index is 982. The molecule has 4 nitrogen and oxygen atoms in total. The molecule has 0 spiro atoms. The molecule has 1 N–H and O–H groups in total. The first kappa shape index (κ1) is 17.5. The average molecular weight is 364 g/mol. The molecule has 1 heterocycles. The molecular weight excluding hydrogens is 343 g/mol. The molecule has 0 bridgehead atoms. The Morgan fingerprint density at radius 3 is 2.63 bits per heavy atom. The van der Waals surface area contributed by atoms with Crippen LogP contribution < -0.4 is 10.1 Å². The summed E-state index contributed by atoms with van der Waals surface area (Å²) in [5.74, 6) is 0.624. The number of pyridine rings is 1. The predicted molar refractivity (Wildman–Crippen MR) is 104 cm³/mol.